The monoisotopic (exact) mass is 542 g/mol. The highest BCUT2D eigenvalue weighted by Gasteiger charge is 2.35. The minimum Gasteiger partial charge on any atom is -0.481 e. The number of aryl methyl sites for hydroxylation is 1. The van der Waals surface area contributed by atoms with Crippen molar-refractivity contribution in [3.8, 4) is 0 Å². The maximum absolute atomic E-state index is 13.1. The minimum absolute atomic E-state index is 0.0685. The molecule has 1 aromatic heterocycles. The van der Waals surface area contributed by atoms with Gasteiger partial charge in [-0.3, -0.25) is 14.6 Å². The second-order valence-corrected chi connectivity index (χ2v) is 9.56. The first-order valence-corrected chi connectivity index (χ1v) is 12.3. The Morgan fingerprint density at radius 2 is 1.81 bits per heavy atom. The van der Waals surface area contributed by atoms with Gasteiger partial charge in [0.15, 0.2) is 0 Å². The van der Waals surface area contributed by atoms with Gasteiger partial charge in [-0.05, 0) is 52.9 Å². The lowest BCUT2D eigenvalue weighted by molar-refractivity contribution is -0.137. The quantitative estimate of drug-likeness (QED) is 0.284. The standard InChI is InChI=1S/C28H23BrN4O3/c29-21-8-11-23-24(15-21)32-28(36)26(23)27(20-6-1-18(2-7-20)5-12-25(34)35)31-22-9-3-19(4-10-22)16-33-14-13-30-17-33/h1-4,6-11,13-15,17,26H,5,12,16H2,(H,32,36)(H,34,35). The van der Waals surface area contributed by atoms with Crippen LogP contribution >= 0.6 is 15.9 Å². The van der Waals surface area contributed by atoms with Gasteiger partial charge in [0.05, 0.1) is 17.7 Å². The van der Waals surface area contributed by atoms with Crippen molar-refractivity contribution in [3.63, 3.8) is 0 Å². The Hall–Kier alpha value is -4.04. The fourth-order valence-electron chi connectivity index (χ4n) is 4.30. The first-order chi connectivity index (χ1) is 17.5. The molecule has 1 unspecified atom stereocenters. The van der Waals surface area contributed by atoms with E-state index in [0.29, 0.717) is 18.7 Å². The largest absolute Gasteiger partial charge is 0.481 e. The van der Waals surface area contributed by atoms with E-state index in [1.807, 2.05) is 77.5 Å². The number of carbonyl (C=O) groups is 2. The molecule has 0 bridgehead atoms. The van der Waals surface area contributed by atoms with Gasteiger partial charge in [-0.2, -0.15) is 0 Å². The summed E-state index contributed by atoms with van der Waals surface area (Å²) >= 11 is 3.47. The summed E-state index contributed by atoms with van der Waals surface area (Å²) in [7, 11) is 0. The molecule has 0 saturated carbocycles. The van der Waals surface area contributed by atoms with Crippen molar-refractivity contribution >= 4 is 44.9 Å². The molecule has 1 amide bonds. The number of halogens is 1. The number of aliphatic imine (C=N–C) groups is 1. The predicted octanol–water partition coefficient (Wildman–Crippen LogP) is 5.57. The van der Waals surface area contributed by atoms with Gasteiger partial charge < -0.3 is 15.0 Å². The highest BCUT2D eigenvalue weighted by molar-refractivity contribution is 9.10. The Morgan fingerprint density at radius 1 is 1.06 bits per heavy atom. The lowest BCUT2D eigenvalue weighted by Crippen LogP contribution is -2.22. The molecule has 36 heavy (non-hydrogen) atoms. The second kappa shape index (κ2) is 10.3. The maximum Gasteiger partial charge on any atom is 0.303 e. The number of benzene rings is 3. The predicted molar refractivity (Wildman–Crippen MR) is 142 cm³/mol. The van der Waals surface area contributed by atoms with Crippen LogP contribution in [0.25, 0.3) is 0 Å². The SMILES string of the molecule is O=C(O)CCc1ccc(C(=Nc2ccc(Cn3ccnc3)cc2)C2C(=O)Nc3cc(Br)ccc32)cc1. The third-order valence-electron chi connectivity index (χ3n) is 6.11. The number of nitrogens with one attached hydrogen (secondary N) is 1. The molecular weight excluding hydrogens is 520 g/mol. The first-order valence-electron chi connectivity index (χ1n) is 11.5. The zero-order chi connectivity index (χ0) is 25.1. The van der Waals surface area contributed by atoms with Gasteiger partial charge in [0, 0.05) is 35.5 Å². The second-order valence-electron chi connectivity index (χ2n) is 8.64. The number of carboxylic acid groups (broad SMARTS) is 1. The Balaban J connectivity index is 1.51. The average molecular weight is 543 g/mol. The molecule has 2 N–H and O–H groups in total. The summed E-state index contributed by atoms with van der Waals surface area (Å²) in [5.74, 6) is -1.53. The van der Waals surface area contributed by atoms with Crippen molar-refractivity contribution in [3.05, 3.63) is 112 Å². The van der Waals surface area contributed by atoms with Gasteiger partial charge in [-0.1, -0.05) is 58.4 Å². The number of nitrogens with zero attached hydrogens (tertiary/aromatic N) is 3. The van der Waals surface area contributed by atoms with E-state index in [1.54, 1.807) is 12.5 Å². The van der Waals surface area contributed by atoms with E-state index in [4.69, 9.17) is 10.1 Å². The van der Waals surface area contributed by atoms with Gasteiger partial charge in [-0.15, -0.1) is 0 Å². The molecule has 0 saturated heterocycles. The first kappa shape index (κ1) is 23.7. The zero-order valence-corrected chi connectivity index (χ0v) is 20.9. The van der Waals surface area contributed by atoms with E-state index in [0.717, 1.165) is 38.1 Å². The van der Waals surface area contributed by atoms with Crippen LogP contribution < -0.4 is 5.32 Å². The number of hydrogen-bond acceptors (Lipinski definition) is 4. The highest BCUT2D eigenvalue weighted by Crippen LogP contribution is 2.38. The van der Waals surface area contributed by atoms with Gasteiger partial charge >= 0.3 is 5.97 Å². The fourth-order valence-corrected chi connectivity index (χ4v) is 4.66. The Morgan fingerprint density at radius 3 is 2.50 bits per heavy atom. The van der Waals surface area contributed by atoms with Crippen LogP contribution in [0.15, 0.2) is 94.9 Å². The lowest BCUT2D eigenvalue weighted by Gasteiger charge is -2.15. The van der Waals surface area contributed by atoms with Crippen molar-refractivity contribution in [1.82, 2.24) is 9.55 Å². The van der Waals surface area contributed by atoms with E-state index in [2.05, 4.69) is 26.2 Å². The molecule has 7 nitrogen and oxygen atoms in total. The number of aliphatic carboxylic acids is 1. The molecule has 1 aliphatic heterocycles. The number of fused-ring (bicyclic) bond motifs is 1. The van der Waals surface area contributed by atoms with E-state index in [-0.39, 0.29) is 12.3 Å². The average Bonchev–Trinajstić information content (AvgIpc) is 3.49. The molecule has 0 aliphatic carbocycles. The number of amides is 1. The van der Waals surface area contributed by atoms with Gasteiger partial charge in [0.1, 0.15) is 5.92 Å². The lowest BCUT2D eigenvalue weighted by atomic mass is 9.90. The number of anilines is 1. The van der Waals surface area contributed by atoms with E-state index in [9.17, 15) is 9.59 Å². The Bertz CT molecular complexity index is 1430. The number of imidazole rings is 1. The number of hydrogen-bond donors (Lipinski definition) is 2. The third-order valence-corrected chi connectivity index (χ3v) is 6.60. The summed E-state index contributed by atoms with van der Waals surface area (Å²) in [5, 5.41) is 12.0. The molecule has 0 spiro atoms. The third kappa shape index (κ3) is 5.28. The zero-order valence-electron chi connectivity index (χ0n) is 19.3. The van der Waals surface area contributed by atoms with E-state index in [1.165, 1.54) is 0 Å². The summed E-state index contributed by atoms with van der Waals surface area (Å²) < 4.78 is 2.88. The molecule has 0 radical (unpaired) electrons. The minimum atomic E-state index is -0.830. The van der Waals surface area contributed by atoms with Crippen LogP contribution in [0.4, 0.5) is 11.4 Å². The van der Waals surface area contributed by atoms with Crippen LogP contribution in [0.2, 0.25) is 0 Å². The summed E-state index contributed by atoms with van der Waals surface area (Å²) in [6.07, 6.45) is 5.96. The number of aromatic nitrogens is 2. The van der Waals surface area contributed by atoms with Crippen molar-refractivity contribution in [1.29, 1.82) is 0 Å². The fraction of sp³-hybridized carbons (Fsp3) is 0.143. The molecule has 3 aromatic carbocycles. The maximum atomic E-state index is 13.1. The van der Waals surface area contributed by atoms with Crippen LogP contribution in [0, 0.1) is 0 Å². The van der Waals surface area contributed by atoms with Crippen LogP contribution in [0.1, 0.15) is 34.6 Å². The summed E-state index contributed by atoms with van der Waals surface area (Å²) in [5.41, 5.74) is 5.87. The molecule has 0 fully saturated rings. The topological polar surface area (TPSA) is 96.6 Å². The van der Waals surface area contributed by atoms with Crippen LogP contribution in [0.3, 0.4) is 0 Å². The molecule has 1 aliphatic rings. The highest BCUT2D eigenvalue weighted by atomic mass is 79.9. The smallest absolute Gasteiger partial charge is 0.303 e. The number of carboxylic acids is 1. The van der Waals surface area contributed by atoms with Crippen molar-refractivity contribution < 1.29 is 14.7 Å². The van der Waals surface area contributed by atoms with Crippen molar-refractivity contribution in [2.24, 2.45) is 4.99 Å². The Kier molecular flexibility index (Phi) is 6.77. The van der Waals surface area contributed by atoms with Gasteiger partial charge in [-0.25, -0.2) is 4.98 Å². The molecule has 4 aromatic rings. The van der Waals surface area contributed by atoms with Crippen LogP contribution in [-0.2, 0) is 22.6 Å². The molecule has 180 valence electrons. The Labute approximate surface area is 216 Å². The van der Waals surface area contributed by atoms with Gasteiger partial charge in [0.25, 0.3) is 0 Å². The van der Waals surface area contributed by atoms with Crippen LogP contribution in [0.5, 0.6) is 0 Å². The summed E-state index contributed by atoms with van der Waals surface area (Å²) in [6.45, 7) is 0.710. The molecular formula is C28H23BrN4O3. The van der Waals surface area contributed by atoms with Gasteiger partial charge in [0.2, 0.25) is 5.91 Å². The van der Waals surface area contributed by atoms with Crippen molar-refractivity contribution in [2.45, 2.75) is 25.3 Å². The van der Waals surface area contributed by atoms with E-state index >= 15 is 0 Å². The molecule has 1 atom stereocenters. The van der Waals surface area contributed by atoms with Crippen LogP contribution in [-0.4, -0.2) is 32.2 Å². The molecule has 8 heteroatoms. The number of carbonyl (C=O) groups excluding carboxylic acids is 1. The molecule has 2 heterocycles. The molecule has 5 rings (SSSR count). The van der Waals surface area contributed by atoms with Crippen molar-refractivity contribution in [2.75, 3.05) is 5.32 Å². The number of rotatable bonds is 8. The van der Waals surface area contributed by atoms with E-state index < -0.39 is 11.9 Å². The summed E-state index contributed by atoms with van der Waals surface area (Å²) in [4.78, 5) is 33.1. The summed E-state index contributed by atoms with van der Waals surface area (Å²) in [6, 6.07) is 21.3. The normalized spacial score (nSPS) is 15.0.